The first kappa shape index (κ1) is 32.3. The zero-order valence-corrected chi connectivity index (χ0v) is 25.9. The summed E-state index contributed by atoms with van der Waals surface area (Å²) in [5.74, 6) is -0.625. The van der Waals surface area contributed by atoms with E-state index in [0.29, 0.717) is 46.6 Å². The number of aromatic nitrogens is 3. The van der Waals surface area contributed by atoms with Crippen molar-refractivity contribution in [2.75, 3.05) is 33.1 Å². The normalized spacial score (nSPS) is 13.0. The van der Waals surface area contributed by atoms with E-state index in [-0.39, 0.29) is 11.8 Å². The molecule has 0 bridgehead atoms. The van der Waals surface area contributed by atoms with Crippen LogP contribution in [0.3, 0.4) is 0 Å². The minimum atomic E-state index is -0.751. The molecule has 11 heteroatoms. The van der Waals surface area contributed by atoms with E-state index in [1.165, 1.54) is 18.3 Å². The number of nitrogens with one attached hydrogen (secondary N) is 1. The van der Waals surface area contributed by atoms with Crippen LogP contribution in [0, 0.1) is 11.9 Å². The molecule has 0 aliphatic heterocycles. The lowest BCUT2D eigenvalue weighted by Crippen LogP contribution is -2.34. The lowest BCUT2D eigenvalue weighted by atomic mass is 10.0. The van der Waals surface area contributed by atoms with Crippen molar-refractivity contribution in [3.8, 4) is 28.0 Å². The van der Waals surface area contributed by atoms with Gasteiger partial charge in [-0.2, -0.15) is 4.39 Å². The number of likely N-dealkylation sites (N-methyl/N-ethyl adjacent to an activating group) is 1. The monoisotopic (exact) mass is 602 g/mol. The van der Waals surface area contributed by atoms with Crippen molar-refractivity contribution in [1.29, 1.82) is 0 Å². The highest BCUT2D eigenvalue weighted by atomic mass is 19.1. The average molecular weight is 603 g/mol. The van der Waals surface area contributed by atoms with Gasteiger partial charge in [0.25, 0.3) is 0 Å². The van der Waals surface area contributed by atoms with Crippen molar-refractivity contribution in [2.45, 2.75) is 39.5 Å². The summed E-state index contributed by atoms with van der Waals surface area (Å²) < 4.78 is 27.2. The van der Waals surface area contributed by atoms with E-state index < -0.39 is 24.2 Å². The molecule has 3 N–H and O–H groups in total. The maximum atomic E-state index is 14.2. The summed E-state index contributed by atoms with van der Waals surface area (Å²) in [6, 6.07) is 9.60. The maximum Gasteiger partial charge on any atom is 0.324 e. The number of nitrogens with zero attached hydrogens (tertiary/aromatic N) is 4. The summed E-state index contributed by atoms with van der Waals surface area (Å²) in [4.78, 5) is 35.6. The van der Waals surface area contributed by atoms with Crippen LogP contribution in [0.25, 0.3) is 33.3 Å². The average Bonchev–Trinajstić information content (AvgIpc) is 3.35. The minimum absolute atomic E-state index is 0.235. The topological polar surface area (TPSA) is 125 Å². The molecular weight excluding hydrogens is 563 g/mol. The lowest BCUT2D eigenvalue weighted by Gasteiger charge is -2.19. The van der Waals surface area contributed by atoms with Gasteiger partial charge in [-0.15, -0.1) is 0 Å². The van der Waals surface area contributed by atoms with E-state index >= 15 is 0 Å². The largest absolute Gasteiger partial charge is 0.497 e. The molecule has 232 valence electrons. The van der Waals surface area contributed by atoms with Crippen molar-refractivity contribution in [3.63, 3.8) is 0 Å². The van der Waals surface area contributed by atoms with Crippen molar-refractivity contribution in [2.24, 2.45) is 11.7 Å². The summed E-state index contributed by atoms with van der Waals surface area (Å²) >= 11 is 0. The summed E-state index contributed by atoms with van der Waals surface area (Å²) in [6.45, 7) is 6.34. The van der Waals surface area contributed by atoms with Gasteiger partial charge in [-0.05, 0) is 68.8 Å². The van der Waals surface area contributed by atoms with Crippen LogP contribution in [-0.4, -0.2) is 65.1 Å². The number of fused-ring (bicyclic) bond motifs is 1. The number of benzene rings is 1. The SMILES string of the molecule is COc1cc(NC(=O)/C=C/CN(C)C)cc(-c2cnc3c(c2)c(-c2ccnc(F)c2)cn3C(C)OC(=O)C(N)CC(C)C)c1. The molecule has 4 rings (SSSR count). The fraction of sp³-hybridized carbons (Fsp3) is 0.333. The molecule has 1 aromatic carbocycles. The molecule has 4 aromatic rings. The quantitative estimate of drug-likeness (QED) is 0.125. The number of pyridine rings is 2. The Hall–Kier alpha value is -4.61. The third-order valence-corrected chi connectivity index (χ3v) is 6.90. The first-order chi connectivity index (χ1) is 20.9. The van der Waals surface area contributed by atoms with E-state index in [4.69, 9.17) is 20.2 Å². The van der Waals surface area contributed by atoms with E-state index in [9.17, 15) is 14.0 Å². The minimum Gasteiger partial charge on any atom is -0.497 e. The Kier molecular flexibility index (Phi) is 10.5. The van der Waals surface area contributed by atoms with Gasteiger partial charge in [0.05, 0.1) is 7.11 Å². The number of carbonyl (C=O) groups is 2. The highest BCUT2D eigenvalue weighted by Gasteiger charge is 2.23. The molecule has 3 heterocycles. The number of rotatable bonds is 12. The van der Waals surface area contributed by atoms with Crippen molar-refractivity contribution < 1.29 is 23.5 Å². The fourth-order valence-corrected chi connectivity index (χ4v) is 4.79. The lowest BCUT2D eigenvalue weighted by molar-refractivity contribution is -0.154. The highest BCUT2D eigenvalue weighted by molar-refractivity contribution is 6.00. The number of halogens is 1. The number of nitrogens with two attached hydrogens (primary N) is 1. The van der Waals surface area contributed by atoms with E-state index in [2.05, 4.69) is 10.3 Å². The predicted molar refractivity (Wildman–Crippen MR) is 169 cm³/mol. The molecule has 0 saturated carbocycles. The molecule has 0 saturated heterocycles. The van der Waals surface area contributed by atoms with Gasteiger partial charge in [0, 0.05) is 65.5 Å². The predicted octanol–water partition coefficient (Wildman–Crippen LogP) is 5.40. The fourth-order valence-electron chi connectivity index (χ4n) is 4.79. The van der Waals surface area contributed by atoms with Crippen LogP contribution in [0.5, 0.6) is 5.75 Å². The summed E-state index contributed by atoms with van der Waals surface area (Å²) in [5, 5.41) is 3.58. The summed E-state index contributed by atoms with van der Waals surface area (Å²) in [5.41, 5.74) is 9.87. The Balaban J connectivity index is 1.75. The van der Waals surface area contributed by atoms with Crippen LogP contribution < -0.4 is 15.8 Å². The Morgan fingerprint density at radius 1 is 1.09 bits per heavy atom. The Morgan fingerprint density at radius 3 is 2.55 bits per heavy atom. The Bertz CT molecular complexity index is 1670. The maximum absolute atomic E-state index is 14.2. The Labute approximate surface area is 256 Å². The molecular formula is C33H39FN6O4. The second-order valence-corrected chi connectivity index (χ2v) is 11.3. The number of hydrogen-bond donors (Lipinski definition) is 2. The molecule has 2 atom stereocenters. The summed E-state index contributed by atoms with van der Waals surface area (Å²) in [7, 11) is 5.39. The number of ether oxygens (including phenoxy) is 2. The number of amides is 1. The molecule has 0 aliphatic carbocycles. The standard InChI is InChI=1S/C33H39FN6O4/c1-20(2)12-29(35)33(42)44-21(3)40-19-28(22-9-10-36-30(34)16-22)27-15-24(18-37-32(27)40)23-13-25(17-26(14-23)43-6)38-31(41)8-7-11-39(4)5/h7-10,13-21,29H,11-12,35H2,1-6H3,(H,38,41)/b8-7+. The molecule has 0 fully saturated rings. The molecule has 2 unspecified atom stereocenters. The smallest absolute Gasteiger partial charge is 0.324 e. The van der Waals surface area contributed by atoms with E-state index in [0.717, 1.165) is 11.1 Å². The molecule has 44 heavy (non-hydrogen) atoms. The van der Waals surface area contributed by atoms with Crippen LogP contribution in [0.2, 0.25) is 0 Å². The van der Waals surface area contributed by atoms with Gasteiger partial charge >= 0.3 is 5.97 Å². The molecule has 1 amide bonds. The molecule has 0 aliphatic rings. The van der Waals surface area contributed by atoms with Crippen molar-refractivity contribution >= 4 is 28.6 Å². The van der Waals surface area contributed by atoms with Crippen LogP contribution >= 0.6 is 0 Å². The van der Waals surface area contributed by atoms with Crippen LogP contribution in [0.1, 0.15) is 33.4 Å². The second-order valence-electron chi connectivity index (χ2n) is 11.3. The number of carbonyl (C=O) groups excluding carboxylic acids is 2. The van der Waals surface area contributed by atoms with E-state index in [1.54, 1.807) is 49.2 Å². The zero-order chi connectivity index (χ0) is 32.0. The number of hydrogen-bond acceptors (Lipinski definition) is 8. The molecule has 10 nitrogen and oxygen atoms in total. The van der Waals surface area contributed by atoms with Crippen LogP contribution in [0.15, 0.2) is 67.1 Å². The first-order valence-corrected chi connectivity index (χ1v) is 14.4. The second kappa shape index (κ2) is 14.2. The molecule has 3 aromatic heterocycles. The van der Waals surface area contributed by atoms with E-state index in [1.807, 2.05) is 51.0 Å². The Morgan fingerprint density at radius 2 is 1.86 bits per heavy atom. The van der Waals surface area contributed by atoms with Gasteiger partial charge in [0.1, 0.15) is 17.4 Å². The van der Waals surface area contributed by atoms with Gasteiger partial charge in [0.2, 0.25) is 11.9 Å². The van der Waals surface area contributed by atoms with Crippen LogP contribution in [0.4, 0.5) is 10.1 Å². The third kappa shape index (κ3) is 8.06. The number of esters is 1. The van der Waals surface area contributed by atoms with Crippen LogP contribution in [-0.2, 0) is 14.3 Å². The van der Waals surface area contributed by atoms with Crippen molar-refractivity contribution in [1.82, 2.24) is 19.4 Å². The number of methoxy groups -OCH3 is 1. The van der Waals surface area contributed by atoms with Gasteiger partial charge in [0.15, 0.2) is 6.23 Å². The third-order valence-electron chi connectivity index (χ3n) is 6.90. The molecule has 0 spiro atoms. The van der Waals surface area contributed by atoms with Crippen molar-refractivity contribution in [3.05, 3.63) is 73.1 Å². The molecule has 0 radical (unpaired) electrons. The van der Waals surface area contributed by atoms with Gasteiger partial charge in [-0.25, -0.2) is 9.97 Å². The number of anilines is 1. The first-order valence-electron chi connectivity index (χ1n) is 14.4. The highest BCUT2D eigenvalue weighted by Crippen LogP contribution is 2.36. The van der Waals surface area contributed by atoms with Gasteiger partial charge in [-0.1, -0.05) is 19.9 Å². The van der Waals surface area contributed by atoms with Gasteiger partial charge in [-0.3, -0.25) is 14.2 Å². The summed E-state index contributed by atoms with van der Waals surface area (Å²) in [6.07, 6.45) is 7.88. The zero-order valence-electron chi connectivity index (χ0n) is 25.9. The van der Waals surface area contributed by atoms with Gasteiger partial charge < -0.3 is 25.4 Å².